The number of piperidine rings is 1. The summed E-state index contributed by atoms with van der Waals surface area (Å²) in [5, 5.41) is 13.4. The van der Waals surface area contributed by atoms with Gasteiger partial charge in [0.05, 0.1) is 6.10 Å². The van der Waals surface area contributed by atoms with Gasteiger partial charge in [-0.25, -0.2) is 0 Å². The summed E-state index contributed by atoms with van der Waals surface area (Å²) in [6, 6.07) is 0. The molecule has 2 saturated carbocycles. The van der Waals surface area contributed by atoms with Crippen molar-refractivity contribution in [3.63, 3.8) is 0 Å². The van der Waals surface area contributed by atoms with Gasteiger partial charge in [-0.05, 0) is 37.5 Å². The second-order valence-electron chi connectivity index (χ2n) is 8.31. The van der Waals surface area contributed by atoms with E-state index in [-0.39, 0.29) is 28.8 Å². The van der Waals surface area contributed by atoms with Gasteiger partial charge in [-0.3, -0.25) is 9.59 Å². The number of nitrogens with one attached hydrogen (secondary N) is 1. The van der Waals surface area contributed by atoms with Crippen molar-refractivity contribution in [2.45, 2.75) is 72.3 Å². The van der Waals surface area contributed by atoms with Crippen LogP contribution in [0.25, 0.3) is 0 Å². The van der Waals surface area contributed by atoms with E-state index in [9.17, 15) is 14.7 Å². The van der Waals surface area contributed by atoms with E-state index in [0.717, 1.165) is 31.4 Å². The zero-order valence-corrected chi connectivity index (χ0v) is 15.4. The monoisotopic (exact) mass is 333 g/mol. The third-order valence-corrected chi connectivity index (χ3v) is 7.25. The average Bonchev–Trinajstić information content (AvgIpc) is 2.85. The zero-order valence-electron chi connectivity index (χ0n) is 15.4. The molecule has 6 atom stereocenters. The number of Topliss-reactive ketones (excluding diaryl/α,β-unsaturated/α-hetero) is 1. The molecule has 1 aliphatic heterocycles. The lowest BCUT2D eigenvalue weighted by molar-refractivity contribution is -0.148. The van der Waals surface area contributed by atoms with Crippen LogP contribution in [0.1, 0.15) is 66.2 Å². The maximum Gasteiger partial charge on any atom is 0.224 e. The summed E-state index contributed by atoms with van der Waals surface area (Å²) in [6.45, 7) is 8.26. The molecule has 0 spiro atoms. The molecule has 3 aliphatic carbocycles. The van der Waals surface area contributed by atoms with Crippen LogP contribution in [0.5, 0.6) is 0 Å². The van der Waals surface area contributed by atoms with E-state index in [1.807, 2.05) is 13.8 Å². The predicted octanol–water partition coefficient (Wildman–Crippen LogP) is 3.20. The molecular weight excluding hydrogens is 302 g/mol. The minimum Gasteiger partial charge on any atom is -0.393 e. The summed E-state index contributed by atoms with van der Waals surface area (Å²) in [5.74, 6) is 1.14. The van der Waals surface area contributed by atoms with Gasteiger partial charge >= 0.3 is 0 Å². The molecule has 4 aliphatic rings. The number of carbonyl (C=O) groups excluding carboxylic acids is 2. The van der Waals surface area contributed by atoms with Gasteiger partial charge in [0.15, 0.2) is 0 Å². The Morgan fingerprint density at radius 3 is 2.62 bits per heavy atom. The second kappa shape index (κ2) is 5.98. The highest BCUT2D eigenvalue weighted by atomic mass is 16.3. The van der Waals surface area contributed by atoms with Crippen LogP contribution in [-0.4, -0.2) is 22.9 Å². The Morgan fingerprint density at radius 2 is 1.92 bits per heavy atom. The molecule has 4 nitrogen and oxygen atoms in total. The van der Waals surface area contributed by atoms with E-state index < -0.39 is 0 Å². The molecule has 1 heterocycles. The molecular formula is C20H31NO3. The Hall–Kier alpha value is -1.16. The predicted molar refractivity (Wildman–Crippen MR) is 93.0 cm³/mol. The lowest BCUT2D eigenvalue weighted by Crippen LogP contribution is -2.57. The van der Waals surface area contributed by atoms with E-state index in [0.29, 0.717) is 30.5 Å². The van der Waals surface area contributed by atoms with Crippen molar-refractivity contribution in [2.24, 2.45) is 28.6 Å². The van der Waals surface area contributed by atoms with Crippen molar-refractivity contribution in [2.75, 3.05) is 0 Å². The van der Waals surface area contributed by atoms with E-state index in [2.05, 4.69) is 25.2 Å². The lowest BCUT2D eigenvalue weighted by Gasteiger charge is -2.55. The Kier molecular flexibility index (Phi) is 4.40. The minimum atomic E-state index is -0.341. The number of ketones is 1. The first-order valence-electron chi connectivity index (χ1n) is 9.57. The molecule has 0 aromatic heterocycles. The standard InChI is InChI=1S/C18H25NO3.C2H6/c1-17-8-7-15(22)19-13(17)5-3-10-11-4-6-14(21)18(11,2)9-12(20)16(10)17;1-2/h5,10-11,14,16,21H,3-4,6-9H2,1-2H3,(H,19,22);1-2H3. The van der Waals surface area contributed by atoms with Gasteiger partial charge in [-0.2, -0.15) is 0 Å². The number of hydrogen-bond acceptors (Lipinski definition) is 3. The minimum absolute atomic E-state index is 0.0106. The van der Waals surface area contributed by atoms with Crippen molar-refractivity contribution in [1.82, 2.24) is 5.32 Å². The van der Waals surface area contributed by atoms with Gasteiger partial charge in [-0.15, -0.1) is 0 Å². The Morgan fingerprint density at radius 1 is 1.21 bits per heavy atom. The van der Waals surface area contributed by atoms with Gasteiger partial charge in [-0.1, -0.05) is 33.8 Å². The number of aliphatic hydroxyl groups is 1. The second-order valence-corrected chi connectivity index (χ2v) is 8.31. The summed E-state index contributed by atoms with van der Waals surface area (Å²) >= 11 is 0. The first kappa shape index (κ1) is 17.7. The number of carbonyl (C=O) groups is 2. The number of aliphatic hydroxyl groups excluding tert-OH is 1. The van der Waals surface area contributed by atoms with Gasteiger partial charge in [0.1, 0.15) is 5.78 Å². The highest BCUT2D eigenvalue weighted by Crippen LogP contribution is 2.62. The SMILES string of the molecule is CC.CC12CCC(=O)NC1=CCC1C2C(=O)CC2(C)C(O)CCC12. The van der Waals surface area contributed by atoms with Gasteiger partial charge < -0.3 is 10.4 Å². The largest absolute Gasteiger partial charge is 0.393 e. The zero-order chi connectivity index (χ0) is 17.7. The van der Waals surface area contributed by atoms with Crippen molar-refractivity contribution in [1.29, 1.82) is 0 Å². The highest BCUT2D eigenvalue weighted by molar-refractivity contribution is 5.86. The van der Waals surface area contributed by atoms with Crippen LogP contribution in [0, 0.1) is 28.6 Å². The normalized spacial score (nSPS) is 46.6. The Bertz CT molecular complexity index is 583. The fraction of sp³-hybridized carbons (Fsp3) is 0.800. The van der Waals surface area contributed by atoms with Crippen molar-refractivity contribution in [3.8, 4) is 0 Å². The molecule has 1 saturated heterocycles. The third-order valence-electron chi connectivity index (χ3n) is 7.25. The first-order valence-corrected chi connectivity index (χ1v) is 9.57. The fourth-order valence-electron chi connectivity index (χ4n) is 6.01. The maximum absolute atomic E-state index is 13.0. The van der Waals surface area contributed by atoms with Crippen LogP contribution in [0.3, 0.4) is 0 Å². The maximum atomic E-state index is 13.0. The molecule has 1 amide bonds. The van der Waals surface area contributed by atoms with E-state index in [4.69, 9.17) is 0 Å². The molecule has 4 heteroatoms. The number of allylic oxidation sites excluding steroid dienone is 2. The molecule has 6 unspecified atom stereocenters. The average molecular weight is 333 g/mol. The molecule has 0 aromatic rings. The summed E-state index contributed by atoms with van der Waals surface area (Å²) < 4.78 is 0. The highest BCUT2D eigenvalue weighted by Gasteiger charge is 2.61. The van der Waals surface area contributed by atoms with Gasteiger partial charge in [0, 0.05) is 35.3 Å². The number of hydrogen-bond donors (Lipinski definition) is 2. The summed E-state index contributed by atoms with van der Waals surface area (Å²) in [5.41, 5.74) is 0.515. The quantitative estimate of drug-likeness (QED) is 0.715. The Balaban J connectivity index is 0.000000815. The molecule has 24 heavy (non-hydrogen) atoms. The Labute approximate surface area is 145 Å². The van der Waals surface area contributed by atoms with Gasteiger partial charge in [0.2, 0.25) is 5.91 Å². The molecule has 0 radical (unpaired) electrons. The molecule has 4 rings (SSSR count). The number of rotatable bonds is 0. The summed E-state index contributed by atoms with van der Waals surface area (Å²) in [7, 11) is 0. The third kappa shape index (κ3) is 2.29. The smallest absolute Gasteiger partial charge is 0.224 e. The number of fused-ring (bicyclic) bond motifs is 5. The molecule has 3 fully saturated rings. The first-order chi connectivity index (χ1) is 11.4. The van der Waals surface area contributed by atoms with E-state index in [1.54, 1.807) is 0 Å². The molecule has 0 bridgehead atoms. The van der Waals surface area contributed by atoms with Crippen LogP contribution in [-0.2, 0) is 9.59 Å². The fourth-order valence-corrected chi connectivity index (χ4v) is 6.01. The molecule has 134 valence electrons. The number of amides is 1. The lowest BCUT2D eigenvalue weighted by atomic mass is 9.49. The van der Waals surface area contributed by atoms with Crippen molar-refractivity contribution in [3.05, 3.63) is 11.8 Å². The van der Waals surface area contributed by atoms with E-state index >= 15 is 0 Å². The van der Waals surface area contributed by atoms with Crippen LogP contribution >= 0.6 is 0 Å². The topological polar surface area (TPSA) is 66.4 Å². The van der Waals surface area contributed by atoms with Gasteiger partial charge in [0.25, 0.3) is 0 Å². The molecule has 2 N–H and O–H groups in total. The van der Waals surface area contributed by atoms with Crippen LogP contribution < -0.4 is 5.32 Å². The summed E-state index contributed by atoms with van der Waals surface area (Å²) in [4.78, 5) is 24.7. The molecule has 0 aromatic carbocycles. The van der Waals surface area contributed by atoms with Crippen LogP contribution in [0.4, 0.5) is 0 Å². The van der Waals surface area contributed by atoms with Crippen LogP contribution in [0.2, 0.25) is 0 Å². The van der Waals surface area contributed by atoms with Crippen molar-refractivity contribution >= 4 is 11.7 Å². The van der Waals surface area contributed by atoms with E-state index in [1.165, 1.54) is 0 Å². The summed E-state index contributed by atoms with van der Waals surface area (Å²) in [6.07, 6.45) is 6.29. The van der Waals surface area contributed by atoms with Crippen molar-refractivity contribution < 1.29 is 14.7 Å². The van der Waals surface area contributed by atoms with Crippen LogP contribution in [0.15, 0.2) is 11.8 Å².